The zero-order chi connectivity index (χ0) is 22.3. The van der Waals surface area contributed by atoms with Crippen LogP contribution in [0.5, 0.6) is 0 Å². The van der Waals surface area contributed by atoms with E-state index < -0.39 is 0 Å². The summed E-state index contributed by atoms with van der Waals surface area (Å²) >= 11 is 0. The predicted molar refractivity (Wildman–Crippen MR) is 138 cm³/mol. The molecule has 4 N–H and O–H groups in total. The summed E-state index contributed by atoms with van der Waals surface area (Å²) in [7, 11) is 0. The summed E-state index contributed by atoms with van der Waals surface area (Å²) in [6, 6.07) is 0.727. The number of nitrogens with two attached hydrogens (primary N) is 1. The molecule has 6 fully saturated rings. The van der Waals surface area contributed by atoms with Crippen LogP contribution in [0.3, 0.4) is 0 Å². The number of hydrogen-bond acceptors (Lipinski definition) is 3. The van der Waals surface area contributed by atoms with Crippen LogP contribution in [0.4, 0.5) is 0 Å². The Morgan fingerprint density at radius 1 is 0.688 bits per heavy atom. The molecule has 3 heteroatoms. The van der Waals surface area contributed by atoms with Gasteiger partial charge in [0.1, 0.15) is 0 Å². The highest BCUT2D eigenvalue weighted by Gasteiger charge is 2.40. The molecule has 0 aromatic carbocycles. The first kappa shape index (κ1) is 25.0. The third-order valence-corrected chi connectivity index (χ3v) is 10.5. The zero-order valence-corrected chi connectivity index (χ0v) is 21.5. The SMILES string of the molecule is CC(CC(CC(C)C1CC2CCC1CC2)NCCCNCCCN)C1CC2CCC1CC2. The molecule has 0 saturated heterocycles. The first-order chi connectivity index (χ1) is 15.6. The molecule has 0 amide bonds. The standard InChI is InChI=1S/C29H55N3/c1-21(28-19-23-5-9-25(28)10-6-23)17-27(32-16-4-15-31-14-3-13-30)18-22(2)29-20-24-7-11-26(29)12-8-24/h21-29,31-32H,3-20,30H2,1-2H3. The van der Waals surface area contributed by atoms with Crippen molar-refractivity contribution >= 4 is 0 Å². The van der Waals surface area contributed by atoms with E-state index in [9.17, 15) is 0 Å². The second-order valence-electron chi connectivity index (χ2n) is 12.7. The van der Waals surface area contributed by atoms with Gasteiger partial charge in [-0.25, -0.2) is 0 Å². The molecule has 0 aliphatic heterocycles. The third-order valence-electron chi connectivity index (χ3n) is 10.5. The van der Waals surface area contributed by atoms with Gasteiger partial charge in [-0.1, -0.05) is 39.5 Å². The van der Waals surface area contributed by atoms with Gasteiger partial charge in [0, 0.05) is 6.04 Å². The highest BCUT2D eigenvalue weighted by atomic mass is 14.9. The van der Waals surface area contributed by atoms with E-state index in [2.05, 4.69) is 24.5 Å². The summed E-state index contributed by atoms with van der Waals surface area (Å²) in [5.74, 6) is 8.07. The maximum atomic E-state index is 5.62. The Morgan fingerprint density at radius 3 is 1.62 bits per heavy atom. The van der Waals surface area contributed by atoms with E-state index in [0.717, 1.165) is 79.4 Å². The van der Waals surface area contributed by atoms with Gasteiger partial charge in [0.15, 0.2) is 0 Å². The molecule has 6 rings (SSSR count). The molecular weight excluding hydrogens is 390 g/mol. The van der Waals surface area contributed by atoms with Crippen LogP contribution >= 0.6 is 0 Å². The smallest absolute Gasteiger partial charge is 0.00723 e. The normalized spacial score (nSPS) is 36.8. The van der Waals surface area contributed by atoms with Gasteiger partial charge >= 0.3 is 0 Å². The molecule has 0 spiro atoms. The lowest BCUT2D eigenvalue weighted by Gasteiger charge is -2.47. The molecule has 4 atom stereocenters. The van der Waals surface area contributed by atoms with E-state index in [1.54, 1.807) is 12.8 Å². The summed E-state index contributed by atoms with van der Waals surface area (Å²) in [5, 5.41) is 7.64. The van der Waals surface area contributed by atoms with E-state index in [0.29, 0.717) is 0 Å². The minimum Gasteiger partial charge on any atom is -0.330 e. The molecule has 0 heterocycles. The average molecular weight is 446 g/mol. The van der Waals surface area contributed by atoms with Crippen molar-refractivity contribution in [2.45, 2.75) is 110 Å². The second kappa shape index (κ2) is 12.5. The number of rotatable bonds is 14. The van der Waals surface area contributed by atoms with Gasteiger partial charge in [-0.3, -0.25) is 0 Å². The molecule has 0 aromatic rings. The lowest BCUT2D eigenvalue weighted by molar-refractivity contribution is 0.0435. The molecule has 0 aromatic heterocycles. The van der Waals surface area contributed by atoms with Gasteiger partial charge < -0.3 is 16.4 Å². The van der Waals surface area contributed by atoms with Crippen LogP contribution in [0, 0.1) is 47.3 Å². The second-order valence-corrected chi connectivity index (χ2v) is 12.7. The van der Waals surface area contributed by atoms with Crippen LogP contribution in [-0.2, 0) is 0 Å². The molecule has 6 saturated carbocycles. The molecule has 3 nitrogen and oxygen atoms in total. The van der Waals surface area contributed by atoms with E-state index >= 15 is 0 Å². The van der Waals surface area contributed by atoms with Crippen LogP contribution in [0.1, 0.15) is 104 Å². The van der Waals surface area contributed by atoms with Crippen molar-refractivity contribution in [3.05, 3.63) is 0 Å². The van der Waals surface area contributed by atoms with Crippen molar-refractivity contribution in [3.63, 3.8) is 0 Å². The van der Waals surface area contributed by atoms with Gasteiger partial charge in [0.25, 0.3) is 0 Å². The Hall–Kier alpha value is -0.120. The Balaban J connectivity index is 1.27. The minimum absolute atomic E-state index is 0.727. The Morgan fingerprint density at radius 2 is 1.19 bits per heavy atom. The third kappa shape index (κ3) is 6.72. The topological polar surface area (TPSA) is 50.1 Å². The van der Waals surface area contributed by atoms with Crippen LogP contribution in [0.2, 0.25) is 0 Å². The fourth-order valence-electron chi connectivity index (χ4n) is 8.63. The Bertz CT molecular complexity index is 482. The van der Waals surface area contributed by atoms with E-state index in [1.165, 1.54) is 77.2 Å². The molecule has 6 aliphatic carbocycles. The summed E-state index contributed by atoms with van der Waals surface area (Å²) in [5.41, 5.74) is 5.62. The maximum absolute atomic E-state index is 5.62. The lowest BCUT2D eigenvalue weighted by Crippen LogP contribution is -2.41. The lowest BCUT2D eigenvalue weighted by atomic mass is 9.59. The number of fused-ring (bicyclic) bond motifs is 6. The monoisotopic (exact) mass is 445 g/mol. The van der Waals surface area contributed by atoms with Crippen molar-refractivity contribution in [2.24, 2.45) is 53.1 Å². The van der Waals surface area contributed by atoms with Crippen molar-refractivity contribution in [1.29, 1.82) is 0 Å². The van der Waals surface area contributed by atoms with Crippen molar-refractivity contribution in [3.8, 4) is 0 Å². The van der Waals surface area contributed by atoms with Crippen molar-refractivity contribution < 1.29 is 0 Å². The summed E-state index contributed by atoms with van der Waals surface area (Å²) in [4.78, 5) is 0. The van der Waals surface area contributed by atoms with Gasteiger partial charge in [0.2, 0.25) is 0 Å². The van der Waals surface area contributed by atoms with Crippen LogP contribution in [0.15, 0.2) is 0 Å². The summed E-state index contributed by atoms with van der Waals surface area (Å²) in [6.07, 6.45) is 20.5. The van der Waals surface area contributed by atoms with E-state index in [4.69, 9.17) is 5.73 Å². The first-order valence-electron chi connectivity index (χ1n) is 14.8. The highest BCUT2D eigenvalue weighted by Crippen LogP contribution is 2.50. The summed E-state index contributed by atoms with van der Waals surface area (Å²) < 4.78 is 0. The Labute approximate surface area is 199 Å². The quantitative estimate of drug-likeness (QED) is 0.288. The zero-order valence-electron chi connectivity index (χ0n) is 21.5. The van der Waals surface area contributed by atoms with Gasteiger partial charge in [-0.05, 0) is 138 Å². The highest BCUT2D eigenvalue weighted by molar-refractivity contribution is 4.92. The number of nitrogens with one attached hydrogen (secondary N) is 2. The molecule has 4 unspecified atom stereocenters. The minimum atomic E-state index is 0.727. The molecule has 6 aliphatic rings. The van der Waals surface area contributed by atoms with Crippen LogP contribution < -0.4 is 16.4 Å². The molecule has 32 heavy (non-hydrogen) atoms. The van der Waals surface area contributed by atoms with Crippen molar-refractivity contribution in [1.82, 2.24) is 10.6 Å². The van der Waals surface area contributed by atoms with Crippen molar-refractivity contribution in [2.75, 3.05) is 26.2 Å². The molecule has 4 bridgehead atoms. The van der Waals surface area contributed by atoms with Crippen LogP contribution in [-0.4, -0.2) is 32.2 Å². The van der Waals surface area contributed by atoms with E-state index in [1.807, 2.05) is 0 Å². The fraction of sp³-hybridized carbons (Fsp3) is 1.00. The van der Waals surface area contributed by atoms with Gasteiger partial charge in [0.05, 0.1) is 0 Å². The van der Waals surface area contributed by atoms with Gasteiger partial charge in [-0.2, -0.15) is 0 Å². The fourth-order valence-corrected chi connectivity index (χ4v) is 8.63. The number of hydrogen-bond donors (Lipinski definition) is 3. The Kier molecular flexibility index (Phi) is 9.80. The molecule has 186 valence electrons. The van der Waals surface area contributed by atoms with E-state index in [-0.39, 0.29) is 0 Å². The largest absolute Gasteiger partial charge is 0.330 e. The molecule has 0 radical (unpaired) electrons. The van der Waals surface area contributed by atoms with Crippen LogP contribution in [0.25, 0.3) is 0 Å². The molecular formula is C29H55N3. The predicted octanol–water partition coefficient (Wildman–Crippen LogP) is 5.98. The maximum Gasteiger partial charge on any atom is 0.00723 e. The first-order valence-corrected chi connectivity index (χ1v) is 14.8. The average Bonchev–Trinajstić information content (AvgIpc) is 2.84. The van der Waals surface area contributed by atoms with Gasteiger partial charge in [-0.15, -0.1) is 0 Å². The summed E-state index contributed by atoms with van der Waals surface area (Å²) in [6.45, 7) is 9.40.